The lowest BCUT2D eigenvalue weighted by atomic mass is 9.92. The van der Waals surface area contributed by atoms with E-state index in [0.29, 0.717) is 23.6 Å². The summed E-state index contributed by atoms with van der Waals surface area (Å²) in [5.74, 6) is -0.120. The molecule has 1 heterocycles. The number of nitro groups is 1. The highest BCUT2D eigenvalue weighted by molar-refractivity contribution is 7.80. The fraction of sp³-hybridized carbons (Fsp3) is 0.273. The molecule has 0 amide bonds. The van der Waals surface area contributed by atoms with E-state index in [1.807, 2.05) is 37.3 Å². The molecule has 0 saturated carbocycles. The van der Waals surface area contributed by atoms with Gasteiger partial charge in [-0.1, -0.05) is 37.3 Å². The van der Waals surface area contributed by atoms with Crippen molar-refractivity contribution in [3.63, 3.8) is 0 Å². The van der Waals surface area contributed by atoms with Crippen LogP contribution in [-0.2, 0) is 9.53 Å². The van der Waals surface area contributed by atoms with Crippen molar-refractivity contribution < 1.29 is 19.2 Å². The average Bonchev–Trinajstić information content (AvgIpc) is 2.77. The summed E-state index contributed by atoms with van der Waals surface area (Å²) in [5.41, 5.74) is 1.81. The zero-order valence-electron chi connectivity index (χ0n) is 17.2. The summed E-state index contributed by atoms with van der Waals surface area (Å²) in [4.78, 5) is 24.0. The van der Waals surface area contributed by atoms with E-state index >= 15 is 0 Å². The second-order valence-electron chi connectivity index (χ2n) is 6.73. The largest absolute Gasteiger partial charge is 0.493 e. The summed E-state index contributed by atoms with van der Waals surface area (Å²) in [5, 5.41) is 17.8. The van der Waals surface area contributed by atoms with Crippen LogP contribution in [0.5, 0.6) is 5.75 Å². The van der Waals surface area contributed by atoms with Crippen molar-refractivity contribution in [3.8, 4) is 5.75 Å². The molecule has 0 aliphatic carbocycles. The Labute approximate surface area is 185 Å². The number of carbonyl (C=O) groups excluding carboxylic acids is 1. The Morgan fingerprint density at radius 3 is 2.58 bits per heavy atom. The number of nitrogens with one attached hydrogen (secondary N) is 2. The van der Waals surface area contributed by atoms with E-state index in [-0.39, 0.29) is 23.0 Å². The van der Waals surface area contributed by atoms with Crippen molar-refractivity contribution in [1.29, 1.82) is 0 Å². The highest BCUT2D eigenvalue weighted by atomic mass is 32.1. The van der Waals surface area contributed by atoms with Gasteiger partial charge in [-0.05, 0) is 37.2 Å². The summed E-state index contributed by atoms with van der Waals surface area (Å²) in [6, 6.07) is 12.8. The first-order chi connectivity index (χ1) is 15.0. The minimum absolute atomic E-state index is 0.116. The molecule has 2 aromatic rings. The number of nitrogens with zero attached hydrogens (tertiary/aromatic N) is 1. The maximum atomic E-state index is 13.0. The van der Waals surface area contributed by atoms with E-state index in [1.54, 1.807) is 13.0 Å². The Kier molecular flexibility index (Phi) is 7.19. The van der Waals surface area contributed by atoms with E-state index in [2.05, 4.69) is 10.6 Å². The number of carbonyl (C=O) groups is 1. The first kappa shape index (κ1) is 22.2. The van der Waals surface area contributed by atoms with Gasteiger partial charge in [-0.15, -0.1) is 0 Å². The Hall–Kier alpha value is -3.46. The molecule has 0 unspecified atom stereocenters. The van der Waals surface area contributed by atoms with Gasteiger partial charge in [0.15, 0.2) is 5.11 Å². The fourth-order valence-electron chi connectivity index (χ4n) is 3.28. The molecule has 8 nitrogen and oxygen atoms in total. The molecule has 2 aromatic carbocycles. The molecule has 0 bridgehead atoms. The van der Waals surface area contributed by atoms with Gasteiger partial charge in [0.05, 0.1) is 35.4 Å². The minimum atomic E-state index is -0.797. The predicted octanol–water partition coefficient (Wildman–Crippen LogP) is 3.88. The monoisotopic (exact) mass is 441 g/mol. The lowest BCUT2D eigenvalue weighted by molar-refractivity contribution is -0.385. The number of esters is 1. The minimum Gasteiger partial charge on any atom is -0.493 e. The number of thiocarbonyl (C=S) groups is 1. The van der Waals surface area contributed by atoms with Crippen LogP contribution in [0.25, 0.3) is 5.70 Å². The van der Waals surface area contributed by atoms with E-state index in [9.17, 15) is 14.9 Å². The summed E-state index contributed by atoms with van der Waals surface area (Å²) >= 11 is 5.40. The van der Waals surface area contributed by atoms with Crippen molar-refractivity contribution in [1.82, 2.24) is 10.6 Å². The van der Waals surface area contributed by atoms with E-state index in [0.717, 1.165) is 12.0 Å². The number of hydrogen-bond acceptors (Lipinski definition) is 6. The first-order valence-electron chi connectivity index (χ1n) is 9.91. The van der Waals surface area contributed by atoms with Gasteiger partial charge in [0.2, 0.25) is 0 Å². The zero-order chi connectivity index (χ0) is 22.4. The molecule has 9 heteroatoms. The lowest BCUT2D eigenvalue weighted by Crippen LogP contribution is -2.45. The SMILES string of the molecule is CCCOc1ccc([N+](=O)[O-])cc1[C@H]1NC(=S)NC(c2ccccc2)=C1C(=O)OCC. The standard InChI is InChI=1S/C22H23N3O5S/c1-3-12-30-17-11-10-15(25(27)28)13-16(17)20-18(21(26)29-4-2)19(23-22(31)24-20)14-8-6-5-7-9-14/h5-11,13,20H,3-4,12H2,1-2H3,(H2,23,24,31)/t20-/m1/s1. The van der Waals surface area contributed by atoms with E-state index in [1.165, 1.54) is 12.1 Å². The molecule has 2 N–H and O–H groups in total. The van der Waals surface area contributed by atoms with Gasteiger partial charge >= 0.3 is 5.97 Å². The third-order valence-electron chi connectivity index (χ3n) is 4.61. The average molecular weight is 442 g/mol. The summed E-state index contributed by atoms with van der Waals surface area (Å²) in [6.07, 6.45) is 0.754. The molecular weight excluding hydrogens is 418 g/mol. The van der Waals surface area contributed by atoms with Crippen molar-refractivity contribution in [2.45, 2.75) is 26.3 Å². The summed E-state index contributed by atoms with van der Waals surface area (Å²) in [6.45, 7) is 4.27. The van der Waals surface area contributed by atoms with Crippen LogP contribution in [0.3, 0.4) is 0 Å². The highest BCUT2D eigenvalue weighted by Crippen LogP contribution is 2.38. The van der Waals surface area contributed by atoms with Gasteiger partial charge in [-0.25, -0.2) is 4.79 Å². The summed E-state index contributed by atoms with van der Waals surface area (Å²) < 4.78 is 11.2. The smallest absolute Gasteiger partial charge is 0.338 e. The van der Waals surface area contributed by atoms with Crippen molar-refractivity contribution in [3.05, 3.63) is 75.3 Å². The van der Waals surface area contributed by atoms with Crippen LogP contribution in [0.15, 0.2) is 54.1 Å². The van der Waals surface area contributed by atoms with Crippen LogP contribution in [0.1, 0.15) is 37.4 Å². The Morgan fingerprint density at radius 2 is 1.94 bits per heavy atom. The van der Waals surface area contributed by atoms with Gasteiger partial charge in [0.25, 0.3) is 5.69 Å². The zero-order valence-corrected chi connectivity index (χ0v) is 18.0. The van der Waals surface area contributed by atoms with Gasteiger partial charge < -0.3 is 20.1 Å². The molecular formula is C22H23N3O5S. The van der Waals surface area contributed by atoms with E-state index in [4.69, 9.17) is 21.7 Å². The number of ether oxygens (including phenoxy) is 2. The number of rotatable bonds is 8. The maximum absolute atomic E-state index is 13.0. The van der Waals surface area contributed by atoms with Crippen LogP contribution in [0.4, 0.5) is 5.69 Å². The number of non-ortho nitro benzene ring substituents is 1. The van der Waals surface area contributed by atoms with Crippen LogP contribution < -0.4 is 15.4 Å². The number of benzene rings is 2. The number of hydrogen-bond donors (Lipinski definition) is 2. The van der Waals surface area contributed by atoms with Gasteiger partial charge in [0.1, 0.15) is 5.75 Å². The van der Waals surface area contributed by atoms with Gasteiger partial charge in [0, 0.05) is 17.7 Å². The fourth-order valence-corrected chi connectivity index (χ4v) is 3.50. The topological polar surface area (TPSA) is 103 Å². The quantitative estimate of drug-likeness (QED) is 0.275. The molecule has 0 radical (unpaired) electrons. The normalized spacial score (nSPS) is 15.7. The molecule has 0 fully saturated rings. The molecule has 0 aromatic heterocycles. The third kappa shape index (κ3) is 5.00. The molecule has 1 atom stereocenters. The molecule has 1 aliphatic heterocycles. The second kappa shape index (κ2) is 10.0. The number of nitro benzene ring substituents is 1. The van der Waals surface area contributed by atoms with Crippen LogP contribution in [0, 0.1) is 10.1 Å². The van der Waals surface area contributed by atoms with Crippen molar-refractivity contribution in [2.75, 3.05) is 13.2 Å². The van der Waals surface area contributed by atoms with E-state index < -0.39 is 16.9 Å². The predicted molar refractivity (Wildman–Crippen MR) is 120 cm³/mol. The molecule has 31 heavy (non-hydrogen) atoms. The molecule has 0 spiro atoms. The Balaban J connectivity index is 2.24. The molecule has 0 saturated heterocycles. The van der Waals surface area contributed by atoms with Gasteiger partial charge in [-0.3, -0.25) is 10.1 Å². The van der Waals surface area contributed by atoms with Gasteiger partial charge in [-0.2, -0.15) is 0 Å². The van der Waals surface area contributed by atoms with Crippen molar-refractivity contribution in [2.24, 2.45) is 0 Å². The van der Waals surface area contributed by atoms with Crippen LogP contribution in [0.2, 0.25) is 0 Å². The molecule has 1 aliphatic rings. The Bertz CT molecular complexity index is 1020. The molecule has 3 rings (SSSR count). The molecule has 162 valence electrons. The second-order valence-corrected chi connectivity index (χ2v) is 7.14. The van der Waals surface area contributed by atoms with Crippen LogP contribution in [-0.4, -0.2) is 29.2 Å². The highest BCUT2D eigenvalue weighted by Gasteiger charge is 2.35. The Morgan fingerprint density at radius 1 is 1.19 bits per heavy atom. The van der Waals surface area contributed by atoms with Crippen molar-refractivity contribution >= 4 is 34.7 Å². The third-order valence-corrected chi connectivity index (χ3v) is 4.83. The lowest BCUT2D eigenvalue weighted by Gasteiger charge is -2.32. The first-order valence-corrected chi connectivity index (χ1v) is 10.3. The summed E-state index contributed by atoms with van der Waals surface area (Å²) in [7, 11) is 0. The van der Waals surface area contributed by atoms with Crippen LogP contribution >= 0.6 is 12.2 Å². The maximum Gasteiger partial charge on any atom is 0.338 e.